The van der Waals surface area contributed by atoms with Crippen molar-refractivity contribution in [1.29, 1.82) is 0 Å². The molecule has 0 aliphatic rings. The molecule has 0 bridgehead atoms. The van der Waals surface area contributed by atoms with Gasteiger partial charge < -0.3 is 11.1 Å². The quantitative estimate of drug-likeness (QED) is 0.668. The molecule has 21 heavy (non-hydrogen) atoms. The predicted molar refractivity (Wildman–Crippen MR) is 86.1 cm³/mol. The first-order valence-corrected chi connectivity index (χ1v) is 7.50. The molecule has 0 atom stereocenters. The van der Waals surface area contributed by atoms with Gasteiger partial charge in [-0.1, -0.05) is 12.1 Å². The standard InChI is InChI=1S/C16H17FN2OS/c1-10-4-3-5-15(11(10)2)19-16(20)9-21-12-6-7-14(18)13(17)8-12/h3-8H,9,18H2,1-2H3,(H,19,20). The Labute approximate surface area is 127 Å². The summed E-state index contributed by atoms with van der Waals surface area (Å²) in [7, 11) is 0. The summed E-state index contributed by atoms with van der Waals surface area (Å²) < 4.78 is 13.3. The Morgan fingerprint density at radius 1 is 1.29 bits per heavy atom. The van der Waals surface area contributed by atoms with Gasteiger partial charge in [0.05, 0.1) is 11.4 Å². The first kappa shape index (κ1) is 15.4. The van der Waals surface area contributed by atoms with Crippen molar-refractivity contribution >= 4 is 29.0 Å². The maximum Gasteiger partial charge on any atom is 0.234 e. The van der Waals surface area contributed by atoms with E-state index >= 15 is 0 Å². The van der Waals surface area contributed by atoms with Crippen LogP contribution in [0, 0.1) is 19.7 Å². The highest BCUT2D eigenvalue weighted by atomic mass is 32.2. The third-order valence-electron chi connectivity index (χ3n) is 3.22. The van der Waals surface area contributed by atoms with Crippen LogP contribution in [0.1, 0.15) is 11.1 Å². The van der Waals surface area contributed by atoms with Crippen molar-refractivity contribution in [2.75, 3.05) is 16.8 Å². The van der Waals surface area contributed by atoms with Crippen LogP contribution in [0.15, 0.2) is 41.3 Å². The van der Waals surface area contributed by atoms with Crippen LogP contribution in [0.25, 0.3) is 0 Å². The minimum Gasteiger partial charge on any atom is -0.396 e. The van der Waals surface area contributed by atoms with Gasteiger partial charge >= 0.3 is 0 Å². The molecule has 0 spiro atoms. The second kappa shape index (κ2) is 6.63. The number of nitrogen functional groups attached to an aromatic ring is 1. The largest absolute Gasteiger partial charge is 0.396 e. The summed E-state index contributed by atoms with van der Waals surface area (Å²) in [5, 5.41) is 2.87. The summed E-state index contributed by atoms with van der Waals surface area (Å²) in [6.07, 6.45) is 0. The van der Waals surface area contributed by atoms with E-state index < -0.39 is 5.82 Å². The summed E-state index contributed by atoms with van der Waals surface area (Å²) >= 11 is 1.27. The van der Waals surface area contributed by atoms with Gasteiger partial charge in [-0.2, -0.15) is 0 Å². The summed E-state index contributed by atoms with van der Waals surface area (Å²) in [6, 6.07) is 10.3. The van der Waals surface area contributed by atoms with Crippen LogP contribution in [-0.4, -0.2) is 11.7 Å². The first-order chi connectivity index (χ1) is 9.97. The van der Waals surface area contributed by atoms with Gasteiger partial charge in [0.25, 0.3) is 0 Å². The topological polar surface area (TPSA) is 55.1 Å². The van der Waals surface area contributed by atoms with E-state index in [4.69, 9.17) is 5.73 Å². The van der Waals surface area contributed by atoms with E-state index in [0.29, 0.717) is 4.90 Å². The van der Waals surface area contributed by atoms with Gasteiger partial charge in [-0.3, -0.25) is 4.79 Å². The minimum atomic E-state index is -0.463. The van der Waals surface area contributed by atoms with Crippen molar-refractivity contribution in [3.8, 4) is 0 Å². The lowest BCUT2D eigenvalue weighted by Gasteiger charge is -2.10. The minimum absolute atomic E-state index is 0.110. The average molecular weight is 304 g/mol. The zero-order valence-corrected chi connectivity index (χ0v) is 12.8. The molecule has 0 aliphatic carbocycles. The van der Waals surface area contributed by atoms with Gasteiger partial charge in [-0.05, 0) is 49.2 Å². The lowest BCUT2D eigenvalue weighted by molar-refractivity contribution is -0.113. The number of carbonyl (C=O) groups is 1. The van der Waals surface area contributed by atoms with Gasteiger partial charge in [0.2, 0.25) is 5.91 Å². The fourth-order valence-electron chi connectivity index (χ4n) is 1.82. The molecule has 0 radical (unpaired) electrons. The highest BCUT2D eigenvalue weighted by molar-refractivity contribution is 8.00. The van der Waals surface area contributed by atoms with Crippen LogP contribution in [0.5, 0.6) is 0 Å². The monoisotopic (exact) mass is 304 g/mol. The maximum atomic E-state index is 13.3. The van der Waals surface area contributed by atoms with Gasteiger partial charge in [0.15, 0.2) is 0 Å². The zero-order valence-electron chi connectivity index (χ0n) is 11.9. The number of thioether (sulfide) groups is 1. The van der Waals surface area contributed by atoms with Crippen molar-refractivity contribution in [3.05, 3.63) is 53.3 Å². The van der Waals surface area contributed by atoms with E-state index in [-0.39, 0.29) is 17.3 Å². The predicted octanol–water partition coefficient (Wildman–Crippen LogP) is 3.76. The van der Waals surface area contributed by atoms with E-state index in [1.165, 1.54) is 23.9 Å². The number of amides is 1. The van der Waals surface area contributed by atoms with Crippen molar-refractivity contribution in [2.24, 2.45) is 0 Å². The lowest BCUT2D eigenvalue weighted by atomic mass is 10.1. The van der Waals surface area contributed by atoms with Gasteiger partial charge in [-0.25, -0.2) is 4.39 Å². The van der Waals surface area contributed by atoms with E-state index in [9.17, 15) is 9.18 Å². The van der Waals surface area contributed by atoms with E-state index in [1.807, 2.05) is 32.0 Å². The number of benzene rings is 2. The Bertz CT molecular complexity index is 673. The molecule has 0 fully saturated rings. The molecular formula is C16H17FN2OS. The van der Waals surface area contributed by atoms with E-state index in [1.54, 1.807) is 6.07 Å². The first-order valence-electron chi connectivity index (χ1n) is 6.51. The number of nitrogens with two attached hydrogens (primary N) is 1. The Hall–Kier alpha value is -2.01. The van der Waals surface area contributed by atoms with Crippen molar-refractivity contribution in [1.82, 2.24) is 0 Å². The molecule has 0 saturated carbocycles. The van der Waals surface area contributed by atoms with E-state index in [2.05, 4.69) is 5.32 Å². The second-order valence-corrected chi connectivity index (χ2v) is 5.82. The highest BCUT2D eigenvalue weighted by Crippen LogP contribution is 2.23. The van der Waals surface area contributed by atoms with Gasteiger partial charge in [0, 0.05) is 10.6 Å². The zero-order chi connectivity index (χ0) is 15.4. The molecule has 2 rings (SSSR count). The summed E-state index contributed by atoms with van der Waals surface area (Å²) in [4.78, 5) is 12.6. The molecule has 3 N–H and O–H groups in total. The molecule has 1 amide bonds. The molecule has 0 saturated heterocycles. The van der Waals surface area contributed by atoms with Crippen LogP contribution in [0.4, 0.5) is 15.8 Å². The molecule has 2 aromatic carbocycles. The smallest absolute Gasteiger partial charge is 0.234 e. The van der Waals surface area contributed by atoms with Crippen LogP contribution in [0.2, 0.25) is 0 Å². The molecule has 110 valence electrons. The molecule has 2 aromatic rings. The van der Waals surface area contributed by atoms with E-state index in [0.717, 1.165) is 16.8 Å². The molecule has 5 heteroatoms. The highest BCUT2D eigenvalue weighted by Gasteiger charge is 2.08. The van der Waals surface area contributed by atoms with Gasteiger partial charge in [0.1, 0.15) is 5.82 Å². The fourth-order valence-corrected chi connectivity index (χ4v) is 2.54. The number of carbonyl (C=O) groups excluding carboxylic acids is 1. The van der Waals surface area contributed by atoms with Gasteiger partial charge in [-0.15, -0.1) is 11.8 Å². The lowest BCUT2D eigenvalue weighted by Crippen LogP contribution is -2.15. The second-order valence-electron chi connectivity index (χ2n) is 4.77. The SMILES string of the molecule is Cc1cccc(NC(=O)CSc2ccc(N)c(F)c2)c1C. The number of rotatable bonds is 4. The molecule has 3 nitrogen and oxygen atoms in total. The fraction of sp³-hybridized carbons (Fsp3) is 0.188. The summed E-state index contributed by atoms with van der Waals surface area (Å²) in [5.74, 6) is -0.364. The average Bonchev–Trinajstić information content (AvgIpc) is 2.45. The van der Waals surface area contributed by atoms with Crippen molar-refractivity contribution < 1.29 is 9.18 Å². The van der Waals surface area contributed by atoms with Crippen LogP contribution in [0.3, 0.4) is 0 Å². The maximum absolute atomic E-state index is 13.3. The number of nitrogens with one attached hydrogen (secondary N) is 1. The Balaban J connectivity index is 1.96. The molecule has 0 heterocycles. The molecule has 0 unspecified atom stereocenters. The number of aryl methyl sites for hydroxylation is 1. The summed E-state index contributed by atoms with van der Waals surface area (Å²) in [5.41, 5.74) is 8.51. The van der Waals surface area contributed by atoms with Crippen LogP contribution < -0.4 is 11.1 Å². The Kier molecular flexibility index (Phi) is 4.85. The normalized spacial score (nSPS) is 10.4. The van der Waals surface area contributed by atoms with Crippen LogP contribution in [-0.2, 0) is 4.79 Å². The third kappa shape index (κ3) is 3.98. The third-order valence-corrected chi connectivity index (χ3v) is 4.21. The number of hydrogen-bond acceptors (Lipinski definition) is 3. The van der Waals surface area contributed by atoms with Crippen molar-refractivity contribution in [3.63, 3.8) is 0 Å². The number of anilines is 2. The van der Waals surface area contributed by atoms with Crippen molar-refractivity contribution in [2.45, 2.75) is 18.7 Å². The molecule has 0 aliphatic heterocycles. The number of hydrogen-bond donors (Lipinski definition) is 2. The Morgan fingerprint density at radius 3 is 2.76 bits per heavy atom. The number of halogens is 1. The molecule has 0 aromatic heterocycles. The molecular weight excluding hydrogens is 287 g/mol. The van der Waals surface area contributed by atoms with Crippen LogP contribution >= 0.6 is 11.8 Å². The summed E-state index contributed by atoms with van der Waals surface area (Å²) in [6.45, 7) is 3.96. The Morgan fingerprint density at radius 2 is 2.05 bits per heavy atom.